The molecule has 7 N–H and O–H groups in total. The Bertz CT molecular complexity index is 2910. The largest absolute Gasteiger partial charge is 0.545 e. The predicted molar refractivity (Wildman–Crippen MR) is 259 cm³/mol. The molecule has 0 unspecified atom stereocenters. The summed E-state index contributed by atoms with van der Waals surface area (Å²) in [5, 5.41) is 22.0. The molecule has 0 heterocycles. The lowest BCUT2D eigenvalue weighted by Gasteiger charge is -2.20. The molecule has 0 aliphatic carbocycles. The number of rotatable bonds is 14. The normalized spacial score (nSPS) is 10.9. The Morgan fingerprint density at radius 3 is 1.33 bits per heavy atom. The molecule has 322 valence electrons. The van der Waals surface area contributed by atoms with Crippen LogP contribution in [0.25, 0.3) is 43.1 Å². The van der Waals surface area contributed by atoms with E-state index in [0.29, 0.717) is 35.9 Å². The number of fused-ring (bicyclic) bond motifs is 2. The highest BCUT2D eigenvalue weighted by Gasteiger charge is 2.23. The van der Waals surface area contributed by atoms with Gasteiger partial charge in [0.2, 0.25) is 0 Å². The lowest BCUT2D eigenvalue weighted by molar-refractivity contribution is -0.367. The first-order chi connectivity index (χ1) is 31.3. The van der Waals surface area contributed by atoms with Gasteiger partial charge in [0, 0.05) is 47.9 Å². The highest BCUT2D eigenvalue weighted by atomic mass is 16.4. The summed E-state index contributed by atoms with van der Waals surface area (Å²) in [5.41, 5.74) is 14.6. The number of amides is 1. The van der Waals surface area contributed by atoms with E-state index in [1.54, 1.807) is 18.2 Å². The number of Topliss-reactive ketones (excluding diaryl/α,β-unsaturated/α-hetero) is 1. The molecule has 0 atom stereocenters. The summed E-state index contributed by atoms with van der Waals surface area (Å²) in [6, 6.07) is 55.8. The molecular weight excluding hydrogens is 791 g/mol. The van der Waals surface area contributed by atoms with E-state index < -0.39 is 5.97 Å². The van der Waals surface area contributed by atoms with Gasteiger partial charge in [-0.2, -0.15) is 0 Å². The zero-order chi connectivity index (χ0) is 44.8. The van der Waals surface area contributed by atoms with E-state index in [-0.39, 0.29) is 17.3 Å². The zero-order valence-corrected chi connectivity index (χ0v) is 36.6. The second-order valence-corrected chi connectivity index (χ2v) is 16.1. The van der Waals surface area contributed by atoms with E-state index in [9.17, 15) is 19.5 Å². The Labute approximate surface area is 375 Å². The fourth-order valence-corrected chi connectivity index (χ4v) is 8.64. The van der Waals surface area contributed by atoms with Crippen LogP contribution in [0.3, 0.4) is 0 Å². The molecule has 0 radical (unpaired) electrons. The van der Waals surface area contributed by atoms with Crippen molar-refractivity contribution in [1.82, 2.24) is 5.32 Å². The van der Waals surface area contributed by atoms with Crippen LogP contribution in [0.5, 0.6) is 0 Å². The number of aryl methyl sites for hydroxylation is 2. The molecule has 7 heteroatoms. The van der Waals surface area contributed by atoms with Crippen LogP contribution in [0.2, 0.25) is 0 Å². The fourth-order valence-electron chi connectivity index (χ4n) is 8.64. The van der Waals surface area contributed by atoms with Crippen LogP contribution in [0.1, 0.15) is 71.7 Å². The van der Waals surface area contributed by atoms with Gasteiger partial charge in [0.25, 0.3) is 5.91 Å². The van der Waals surface area contributed by atoms with Crippen molar-refractivity contribution >= 4 is 60.7 Å². The number of carboxylic acid groups (broad SMARTS) is 1. The molecule has 0 aliphatic rings. The van der Waals surface area contributed by atoms with Gasteiger partial charge in [0.1, 0.15) is 0 Å². The number of hydrogen-bond donors (Lipinski definition) is 3. The number of benzene rings is 9. The summed E-state index contributed by atoms with van der Waals surface area (Å²) in [4.78, 5) is 39.7. The number of nitrogens with one attached hydrogen (secondary N) is 1. The van der Waals surface area contributed by atoms with Gasteiger partial charge in [0.05, 0.1) is 19.1 Å². The highest BCUT2D eigenvalue weighted by molar-refractivity contribution is 6.37. The van der Waals surface area contributed by atoms with Crippen LogP contribution in [-0.4, -0.2) is 37.3 Å². The molecule has 0 fully saturated rings. The van der Waals surface area contributed by atoms with Crippen molar-refractivity contribution in [1.29, 1.82) is 0 Å². The average Bonchev–Trinajstić information content (AvgIpc) is 3.32. The average molecular weight is 847 g/mol. The van der Waals surface area contributed by atoms with Crippen molar-refractivity contribution in [2.75, 3.05) is 19.6 Å². The number of hydrogen-bond acceptors (Lipinski definition) is 4. The Balaban J connectivity index is 0.000000281. The Kier molecular flexibility index (Phi) is 15.2. The van der Waals surface area contributed by atoms with Crippen LogP contribution in [0.15, 0.2) is 170 Å². The van der Waals surface area contributed by atoms with Gasteiger partial charge in [-0.15, -0.1) is 0 Å². The minimum Gasteiger partial charge on any atom is -0.545 e. The monoisotopic (exact) mass is 846 g/mol. The molecule has 0 aromatic heterocycles. The summed E-state index contributed by atoms with van der Waals surface area (Å²) in [6.45, 7) is 4.50. The molecule has 64 heavy (non-hydrogen) atoms. The van der Waals surface area contributed by atoms with E-state index in [1.807, 2.05) is 110 Å². The van der Waals surface area contributed by atoms with Gasteiger partial charge in [-0.05, 0) is 97.8 Å². The first-order valence-electron chi connectivity index (χ1n) is 22.2. The van der Waals surface area contributed by atoms with Crippen molar-refractivity contribution in [2.24, 2.45) is 0 Å². The van der Waals surface area contributed by atoms with E-state index >= 15 is 0 Å². The van der Waals surface area contributed by atoms with E-state index in [2.05, 4.69) is 65.3 Å². The van der Waals surface area contributed by atoms with Crippen molar-refractivity contribution in [3.63, 3.8) is 0 Å². The smallest absolute Gasteiger partial charge is 0.251 e. The summed E-state index contributed by atoms with van der Waals surface area (Å²) in [6.07, 6.45) is 4.65. The molecule has 9 rings (SSSR count). The molecule has 0 aliphatic heterocycles. The molecule has 0 bridgehead atoms. The molecule has 0 saturated heterocycles. The first kappa shape index (κ1) is 44.9. The maximum Gasteiger partial charge on any atom is 0.251 e. The van der Waals surface area contributed by atoms with Crippen LogP contribution in [-0.2, 0) is 25.7 Å². The van der Waals surface area contributed by atoms with Crippen molar-refractivity contribution in [3.8, 4) is 0 Å². The van der Waals surface area contributed by atoms with Gasteiger partial charge in [0.15, 0.2) is 5.78 Å². The predicted octanol–water partition coefficient (Wildman–Crippen LogP) is 8.53. The fraction of sp³-hybridized carbons (Fsp3) is 0.175. The third-order valence-corrected chi connectivity index (χ3v) is 11.7. The number of carbonyl (C=O) groups excluding carboxylic acids is 3. The number of quaternary nitrogens is 2. The Morgan fingerprint density at radius 1 is 0.453 bits per heavy atom. The Hall–Kier alpha value is -7.19. The zero-order valence-electron chi connectivity index (χ0n) is 36.6. The van der Waals surface area contributed by atoms with Crippen molar-refractivity contribution in [2.45, 2.75) is 45.4 Å². The molecule has 7 nitrogen and oxygen atoms in total. The maximum absolute atomic E-state index is 13.7. The molecule has 9 aromatic carbocycles. The van der Waals surface area contributed by atoms with Crippen molar-refractivity contribution in [3.05, 3.63) is 214 Å². The highest BCUT2D eigenvalue weighted by Crippen LogP contribution is 2.44. The summed E-state index contributed by atoms with van der Waals surface area (Å²) in [5.74, 6) is -1.55. The third kappa shape index (κ3) is 10.5. The van der Waals surface area contributed by atoms with E-state index in [0.717, 1.165) is 93.2 Å². The maximum atomic E-state index is 13.7. The minimum absolute atomic E-state index is 0.00762. The minimum atomic E-state index is -1.32. The van der Waals surface area contributed by atoms with Crippen LogP contribution < -0.4 is 21.9 Å². The number of aromatic carboxylic acids is 1. The second-order valence-electron chi connectivity index (χ2n) is 16.1. The van der Waals surface area contributed by atoms with Gasteiger partial charge in [-0.1, -0.05) is 164 Å². The topological polar surface area (TPSA) is 142 Å². The second kappa shape index (κ2) is 21.7. The molecule has 9 aromatic rings. The van der Waals surface area contributed by atoms with Gasteiger partial charge in [-0.3, -0.25) is 9.59 Å². The molecule has 1 amide bonds. The summed E-state index contributed by atoms with van der Waals surface area (Å²) >= 11 is 0. The number of carbonyl (C=O) groups is 3. The SMILES string of the molecule is Cc1ccc2c3ccc(C(=O)[O-])c4c(C(=O)CCCc5ccccc5)ccc(c5ccc(C(=O)NCCc6ccccc6)c1c25)c43.[NH3+]CCc1ccccc1.[NH3+]CCc1ccccc1. The van der Waals surface area contributed by atoms with Gasteiger partial charge in [-0.25, -0.2) is 0 Å². The molecule has 0 spiro atoms. The lowest BCUT2D eigenvalue weighted by atomic mass is 9.83. The van der Waals surface area contributed by atoms with Crippen LogP contribution >= 0.6 is 0 Å². The van der Waals surface area contributed by atoms with Crippen LogP contribution in [0.4, 0.5) is 0 Å². The molecular formula is C57H56N3O4+. The van der Waals surface area contributed by atoms with E-state index in [1.165, 1.54) is 11.1 Å². The standard InChI is InChI=1S/C41H33NO4.2C8H11N/c1-25-15-16-28-31-19-22-34(41(45)46)39-32(35(43)14-8-13-26-9-4-2-5-10-26)20-17-30(38(31)39)29-18-21-33(36(25)37(28)29)40(44)42-24-23-27-11-6-3-7-12-27;2*9-7-6-8-4-2-1-3-5-8/h2-7,9-12,15-22H,8,13-14,23-24H2,1H3,(H,42,44)(H,45,46);2*1-5H,6-7,9H2/p+1. The number of ketones is 1. The quantitative estimate of drug-likeness (QED) is 0.0573. The van der Waals surface area contributed by atoms with Crippen molar-refractivity contribution < 1.29 is 31.0 Å². The first-order valence-corrected chi connectivity index (χ1v) is 22.2. The third-order valence-electron chi connectivity index (χ3n) is 11.7. The van der Waals surface area contributed by atoms with Gasteiger partial charge >= 0.3 is 0 Å². The Morgan fingerprint density at radius 2 is 0.859 bits per heavy atom. The van der Waals surface area contributed by atoms with Gasteiger partial charge < -0.3 is 26.7 Å². The lowest BCUT2D eigenvalue weighted by Crippen LogP contribution is -2.51. The van der Waals surface area contributed by atoms with E-state index in [4.69, 9.17) is 0 Å². The number of carboxylic acids is 1. The van der Waals surface area contributed by atoms with Crippen LogP contribution in [0, 0.1) is 6.92 Å². The summed E-state index contributed by atoms with van der Waals surface area (Å²) < 4.78 is 0. The molecule has 0 saturated carbocycles. The summed E-state index contributed by atoms with van der Waals surface area (Å²) in [7, 11) is 0.